The van der Waals surface area contributed by atoms with Crippen molar-refractivity contribution in [1.29, 1.82) is 0 Å². The van der Waals surface area contributed by atoms with Gasteiger partial charge in [0.1, 0.15) is 0 Å². The van der Waals surface area contributed by atoms with Gasteiger partial charge in [0.15, 0.2) is 0 Å². The van der Waals surface area contributed by atoms with Crippen LogP contribution in [0.1, 0.15) is 38.2 Å². The van der Waals surface area contributed by atoms with Crippen LogP contribution in [0.2, 0.25) is 0 Å². The number of alkyl halides is 1. The van der Waals surface area contributed by atoms with Crippen LogP contribution in [0.15, 0.2) is 24.3 Å². The minimum atomic E-state index is 0.500. The number of hydrogen-bond acceptors (Lipinski definition) is 1. The van der Waals surface area contributed by atoms with Gasteiger partial charge in [0.05, 0.1) is 0 Å². The molecule has 1 saturated carbocycles. The van der Waals surface area contributed by atoms with Gasteiger partial charge in [0, 0.05) is 24.1 Å². The second-order valence-electron chi connectivity index (χ2n) is 5.69. The summed E-state index contributed by atoms with van der Waals surface area (Å²) in [6.45, 7) is 6.72. The molecule has 0 bridgehead atoms. The molecule has 0 spiro atoms. The number of hydrogen-bond donors (Lipinski definition) is 0. The Morgan fingerprint density at radius 2 is 2.00 bits per heavy atom. The highest BCUT2D eigenvalue weighted by Crippen LogP contribution is 2.41. The first-order valence-corrected chi connectivity index (χ1v) is 8.19. The Hall–Kier alpha value is -0.500. The Morgan fingerprint density at radius 1 is 1.28 bits per heavy atom. The van der Waals surface area contributed by atoms with Crippen molar-refractivity contribution in [2.24, 2.45) is 5.41 Å². The average Bonchev–Trinajstić information content (AvgIpc) is 2.85. The molecule has 0 N–H and O–H groups in total. The molecular formula is C16H24BrN. The van der Waals surface area contributed by atoms with E-state index in [1.807, 2.05) is 0 Å². The van der Waals surface area contributed by atoms with E-state index in [1.165, 1.54) is 43.5 Å². The summed E-state index contributed by atoms with van der Waals surface area (Å²) < 4.78 is 0. The van der Waals surface area contributed by atoms with Gasteiger partial charge in [-0.25, -0.2) is 0 Å². The van der Waals surface area contributed by atoms with Crippen LogP contribution in [0, 0.1) is 12.3 Å². The Labute approximate surface area is 120 Å². The molecule has 1 aliphatic carbocycles. The summed E-state index contributed by atoms with van der Waals surface area (Å²) in [4.78, 5) is 2.54. The minimum absolute atomic E-state index is 0.500. The molecule has 0 atom stereocenters. The van der Waals surface area contributed by atoms with Gasteiger partial charge in [0.25, 0.3) is 0 Å². The fourth-order valence-corrected chi connectivity index (χ4v) is 3.81. The van der Waals surface area contributed by atoms with E-state index in [0.717, 1.165) is 11.9 Å². The van der Waals surface area contributed by atoms with Crippen LogP contribution in [-0.4, -0.2) is 18.4 Å². The van der Waals surface area contributed by atoms with E-state index in [9.17, 15) is 0 Å². The molecule has 1 aromatic carbocycles. The van der Waals surface area contributed by atoms with Crippen molar-refractivity contribution in [2.75, 3.05) is 23.3 Å². The lowest BCUT2D eigenvalue weighted by Gasteiger charge is -2.35. The predicted octanol–water partition coefficient (Wildman–Crippen LogP) is 4.78. The zero-order chi connectivity index (χ0) is 13.0. The third kappa shape index (κ3) is 3.09. The van der Waals surface area contributed by atoms with E-state index in [2.05, 4.69) is 58.9 Å². The molecular weight excluding hydrogens is 286 g/mol. The number of nitrogens with zero attached hydrogens (tertiary/aromatic N) is 1. The number of halogens is 1. The maximum absolute atomic E-state index is 3.75. The molecule has 0 aromatic heterocycles. The normalized spacial score (nSPS) is 17.9. The number of benzene rings is 1. The summed E-state index contributed by atoms with van der Waals surface area (Å²) in [6, 6.07) is 8.89. The van der Waals surface area contributed by atoms with Crippen LogP contribution in [0.3, 0.4) is 0 Å². The van der Waals surface area contributed by atoms with E-state index >= 15 is 0 Å². The summed E-state index contributed by atoms with van der Waals surface area (Å²) in [5.74, 6) is 0. The SMILES string of the molecule is CCN(CC1(CBr)CCCC1)c1cccc(C)c1. The maximum atomic E-state index is 3.75. The molecule has 1 aliphatic rings. The molecule has 0 aliphatic heterocycles. The Kier molecular flexibility index (Phi) is 4.71. The molecule has 0 heterocycles. The van der Waals surface area contributed by atoms with Crippen molar-refractivity contribution in [3.8, 4) is 0 Å². The lowest BCUT2D eigenvalue weighted by atomic mass is 9.88. The van der Waals surface area contributed by atoms with Gasteiger partial charge in [-0.15, -0.1) is 0 Å². The monoisotopic (exact) mass is 309 g/mol. The largest absolute Gasteiger partial charge is 0.371 e. The summed E-state index contributed by atoms with van der Waals surface area (Å²) in [7, 11) is 0. The third-order valence-electron chi connectivity index (χ3n) is 4.22. The summed E-state index contributed by atoms with van der Waals surface area (Å²) in [5, 5.41) is 1.14. The van der Waals surface area contributed by atoms with Gasteiger partial charge in [-0.3, -0.25) is 0 Å². The zero-order valence-electron chi connectivity index (χ0n) is 11.6. The maximum Gasteiger partial charge on any atom is 0.0368 e. The van der Waals surface area contributed by atoms with E-state index in [0.29, 0.717) is 5.41 Å². The standard InChI is InChI=1S/C16H24BrN/c1-3-18(15-8-6-7-14(2)11-15)13-16(12-17)9-4-5-10-16/h6-8,11H,3-5,9-10,12-13H2,1-2H3. The molecule has 1 nitrogen and oxygen atoms in total. The molecule has 1 aromatic rings. The van der Waals surface area contributed by atoms with Crippen molar-refractivity contribution in [3.05, 3.63) is 29.8 Å². The smallest absolute Gasteiger partial charge is 0.0368 e. The van der Waals surface area contributed by atoms with Crippen molar-refractivity contribution >= 4 is 21.6 Å². The number of aryl methyl sites for hydroxylation is 1. The molecule has 2 rings (SSSR count). The summed E-state index contributed by atoms with van der Waals surface area (Å²) in [6.07, 6.45) is 5.55. The lowest BCUT2D eigenvalue weighted by Crippen LogP contribution is -2.37. The van der Waals surface area contributed by atoms with Crippen LogP contribution >= 0.6 is 15.9 Å². The first-order valence-electron chi connectivity index (χ1n) is 7.07. The molecule has 18 heavy (non-hydrogen) atoms. The van der Waals surface area contributed by atoms with Crippen LogP contribution in [-0.2, 0) is 0 Å². The summed E-state index contributed by atoms with van der Waals surface area (Å²) in [5.41, 5.74) is 3.23. The molecule has 0 amide bonds. The van der Waals surface area contributed by atoms with E-state index < -0.39 is 0 Å². The van der Waals surface area contributed by atoms with Gasteiger partial charge < -0.3 is 4.90 Å². The minimum Gasteiger partial charge on any atom is -0.371 e. The molecule has 0 radical (unpaired) electrons. The fraction of sp³-hybridized carbons (Fsp3) is 0.625. The molecule has 1 fully saturated rings. The highest BCUT2D eigenvalue weighted by Gasteiger charge is 2.34. The number of anilines is 1. The zero-order valence-corrected chi connectivity index (χ0v) is 13.2. The highest BCUT2D eigenvalue weighted by molar-refractivity contribution is 9.09. The van der Waals surface area contributed by atoms with Crippen LogP contribution in [0.4, 0.5) is 5.69 Å². The lowest BCUT2D eigenvalue weighted by molar-refractivity contribution is 0.351. The second kappa shape index (κ2) is 6.10. The van der Waals surface area contributed by atoms with E-state index in [4.69, 9.17) is 0 Å². The highest BCUT2D eigenvalue weighted by atomic mass is 79.9. The predicted molar refractivity (Wildman–Crippen MR) is 83.8 cm³/mol. The van der Waals surface area contributed by atoms with Crippen molar-refractivity contribution in [3.63, 3.8) is 0 Å². The van der Waals surface area contributed by atoms with Crippen molar-refractivity contribution in [1.82, 2.24) is 0 Å². The van der Waals surface area contributed by atoms with Gasteiger partial charge >= 0.3 is 0 Å². The molecule has 2 heteroatoms. The first kappa shape index (κ1) is 13.9. The third-order valence-corrected chi connectivity index (χ3v) is 5.41. The van der Waals surface area contributed by atoms with Crippen LogP contribution < -0.4 is 4.90 Å². The van der Waals surface area contributed by atoms with Crippen molar-refractivity contribution < 1.29 is 0 Å². The van der Waals surface area contributed by atoms with Crippen LogP contribution in [0.5, 0.6) is 0 Å². The Balaban J connectivity index is 2.14. The molecule has 0 unspecified atom stereocenters. The number of rotatable bonds is 5. The Bertz CT molecular complexity index is 382. The molecule has 0 saturated heterocycles. The fourth-order valence-electron chi connectivity index (χ4n) is 3.07. The van der Waals surface area contributed by atoms with Gasteiger partial charge in [-0.1, -0.05) is 40.9 Å². The Morgan fingerprint density at radius 3 is 2.56 bits per heavy atom. The first-order chi connectivity index (χ1) is 8.69. The molecule has 100 valence electrons. The second-order valence-corrected chi connectivity index (χ2v) is 6.25. The average molecular weight is 310 g/mol. The summed E-state index contributed by atoms with van der Waals surface area (Å²) >= 11 is 3.75. The van der Waals surface area contributed by atoms with Gasteiger partial charge in [-0.05, 0) is 49.8 Å². The quantitative estimate of drug-likeness (QED) is 0.708. The van der Waals surface area contributed by atoms with Gasteiger partial charge in [-0.2, -0.15) is 0 Å². The van der Waals surface area contributed by atoms with Crippen molar-refractivity contribution in [2.45, 2.75) is 39.5 Å². The van der Waals surface area contributed by atoms with E-state index in [-0.39, 0.29) is 0 Å². The van der Waals surface area contributed by atoms with E-state index in [1.54, 1.807) is 0 Å². The van der Waals surface area contributed by atoms with Crippen LogP contribution in [0.25, 0.3) is 0 Å². The van der Waals surface area contributed by atoms with Gasteiger partial charge in [0.2, 0.25) is 0 Å². The topological polar surface area (TPSA) is 3.24 Å².